The van der Waals surface area contributed by atoms with Crippen molar-refractivity contribution in [3.05, 3.63) is 24.4 Å². The highest BCUT2D eigenvalue weighted by Crippen LogP contribution is 2.39. The molecule has 2 fully saturated rings. The fourth-order valence-corrected chi connectivity index (χ4v) is 5.00. The summed E-state index contributed by atoms with van der Waals surface area (Å²) < 4.78 is 6.26. The molecule has 0 aromatic carbocycles. The minimum absolute atomic E-state index is 0.289. The topological polar surface area (TPSA) is 28.6 Å². The summed E-state index contributed by atoms with van der Waals surface area (Å²) in [5.41, 5.74) is 0.413. The van der Waals surface area contributed by atoms with Gasteiger partial charge in [0.2, 0.25) is 0 Å². The van der Waals surface area contributed by atoms with E-state index in [0.29, 0.717) is 11.5 Å². The Balaban J connectivity index is 1.37. The highest BCUT2D eigenvalue weighted by atomic mass is 32.1. The lowest BCUT2D eigenvalue weighted by Crippen LogP contribution is -2.48. The molecule has 0 unspecified atom stereocenters. The van der Waals surface area contributed by atoms with Crippen LogP contribution >= 0.6 is 12.6 Å². The third-order valence-corrected chi connectivity index (χ3v) is 6.00. The second-order valence-electron chi connectivity index (χ2n) is 9.00. The first-order valence-electron chi connectivity index (χ1n) is 10.1. The standard InChI is InChI=1S/C21H35N3OS/c1-17-12-18(14-21(2,3)13-17)25-16-19(26)15-23-8-10-24(11-9-23)20-6-4-5-7-22-20/h4-7,17-19,26H,8-16H2,1-3H3/t17-,18+,19-/m0/s1. The van der Waals surface area contributed by atoms with Gasteiger partial charge in [-0.3, -0.25) is 4.90 Å². The first-order chi connectivity index (χ1) is 12.4. The first kappa shape index (κ1) is 20.0. The second kappa shape index (κ2) is 8.94. The van der Waals surface area contributed by atoms with Crippen molar-refractivity contribution in [3.63, 3.8) is 0 Å². The van der Waals surface area contributed by atoms with Crippen molar-refractivity contribution >= 4 is 18.4 Å². The number of hydrogen-bond acceptors (Lipinski definition) is 5. The molecular formula is C21H35N3OS. The number of hydrogen-bond donors (Lipinski definition) is 1. The van der Waals surface area contributed by atoms with Crippen LogP contribution in [0.3, 0.4) is 0 Å². The van der Waals surface area contributed by atoms with Gasteiger partial charge in [-0.2, -0.15) is 12.6 Å². The quantitative estimate of drug-likeness (QED) is 0.765. The van der Waals surface area contributed by atoms with Crippen molar-refractivity contribution in [2.75, 3.05) is 44.2 Å². The third kappa shape index (κ3) is 5.86. The average Bonchev–Trinajstić information content (AvgIpc) is 2.60. The van der Waals surface area contributed by atoms with Crippen molar-refractivity contribution in [2.45, 2.75) is 51.4 Å². The summed E-state index contributed by atoms with van der Waals surface area (Å²) in [6.07, 6.45) is 5.98. The highest BCUT2D eigenvalue weighted by Gasteiger charge is 2.32. The normalized spacial score (nSPS) is 28.1. The Labute approximate surface area is 164 Å². The molecule has 1 aromatic heterocycles. The lowest BCUT2D eigenvalue weighted by molar-refractivity contribution is -0.0237. The van der Waals surface area contributed by atoms with Crippen molar-refractivity contribution < 1.29 is 4.74 Å². The maximum absolute atomic E-state index is 6.26. The van der Waals surface area contributed by atoms with Gasteiger partial charge in [0.05, 0.1) is 12.7 Å². The van der Waals surface area contributed by atoms with E-state index in [4.69, 9.17) is 17.4 Å². The number of piperazine rings is 1. The van der Waals surface area contributed by atoms with E-state index in [1.54, 1.807) is 0 Å². The summed E-state index contributed by atoms with van der Waals surface area (Å²) in [5, 5.41) is 0.289. The summed E-state index contributed by atoms with van der Waals surface area (Å²) in [6, 6.07) is 6.13. The Hall–Kier alpha value is -0.780. The SMILES string of the molecule is C[C@H]1C[C@@H](OC[C@@H](S)CN2CCN(c3ccccn3)CC2)CC(C)(C)C1. The maximum Gasteiger partial charge on any atom is 0.128 e. The fraction of sp³-hybridized carbons (Fsp3) is 0.762. The zero-order chi connectivity index (χ0) is 18.6. The van der Waals surface area contributed by atoms with E-state index < -0.39 is 0 Å². The van der Waals surface area contributed by atoms with Gasteiger partial charge in [0.25, 0.3) is 0 Å². The van der Waals surface area contributed by atoms with Gasteiger partial charge < -0.3 is 9.64 Å². The molecule has 26 heavy (non-hydrogen) atoms. The number of rotatable bonds is 6. The van der Waals surface area contributed by atoms with E-state index in [-0.39, 0.29) is 5.25 Å². The fourth-order valence-electron chi connectivity index (χ4n) is 4.68. The van der Waals surface area contributed by atoms with Gasteiger partial charge in [0, 0.05) is 44.2 Å². The van der Waals surface area contributed by atoms with Gasteiger partial charge in [0.15, 0.2) is 0 Å². The molecule has 4 nitrogen and oxygen atoms in total. The Kier molecular flexibility index (Phi) is 6.87. The Morgan fingerprint density at radius 3 is 2.65 bits per heavy atom. The Bertz CT molecular complexity index is 545. The minimum atomic E-state index is 0.289. The van der Waals surface area contributed by atoms with Crippen LogP contribution in [-0.4, -0.2) is 60.6 Å². The molecule has 3 atom stereocenters. The van der Waals surface area contributed by atoms with Gasteiger partial charge >= 0.3 is 0 Å². The second-order valence-corrected chi connectivity index (χ2v) is 9.73. The zero-order valence-corrected chi connectivity index (χ0v) is 17.5. The number of aromatic nitrogens is 1. The average molecular weight is 378 g/mol. The van der Waals surface area contributed by atoms with E-state index in [1.165, 1.54) is 19.3 Å². The van der Waals surface area contributed by atoms with Gasteiger partial charge in [0.1, 0.15) is 5.82 Å². The molecule has 1 aliphatic carbocycles. The molecule has 0 bridgehead atoms. The molecule has 0 amide bonds. The monoisotopic (exact) mass is 377 g/mol. The molecule has 1 saturated heterocycles. The summed E-state index contributed by atoms with van der Waals surface area (Å²) in [7, 11) is 0. The molecule has 1 aromatic rings. The van der Waals surface area contributed by atoms with Crippen LogP contribution in [0.2, 0.25) is 0 Å². The van der Waals surface area contributed by atoms with Crippen molar-refractivity contribution in [2.24, 2.45) is 11.3 Å². The number of pyridine rings is 1. The predicted molar refractivity (Wildman–Crippen MR) is 112 cm³/mol. The highest BCUT2D eigenvalue weighted by molar-refractivity contribution is 7.81. The minimum Gasteiger partial charge on any atom is -0.377 e. The van der Waals surface area contributed by atoms with E-state index >= 15 is 0 Å². The van der Waals surface area contributed by atoms with Gasteiger partial charge in [-0.05, 0) is 42.7 Å². The largest absolute Gasteiger partial charge is 0.377 e. The Morgan fingerprint density at radius 1 is 1.23 bits per heavy atom. The van der Waals surface area contributed by atoms with Crippen molar-refractivity contribution in [3.8, 4) is 0 Å². The van der Waals surface area contributed by atoms with Gasteiger partial charge in [-0.25, -0.2) is 4.98 Å². The molecule has 0 N–H and O–H groups in total. The van der Waals surface area contributed by atoms with Crippen LogP contribution in [0.25, 0.3) is 0 Å². The lowest BCUT2D eigenvalue weighted by Gasteiger charge is -2.39. The predicted octanol–water partition coefficient (Wildman–Crippen LogP) is 3.73. The molecular weight excluding hydrogens is 342 g/mol. The zero-order valence-electron chi connectivity index (χ0n) is 16.6. The number of anilines is 1. The molecule has 0 radical (unpaired) electrons. The molecule has 2 aliphatic rings. The molecule has 5 heteroatoms. The van der Waals surface area contributed by atoms with E-state index in [1.807, 2.05) is 12.3 Å². The van der Waals surface area contributed by atoms with Crippen LogP contribution in [0.15, 0.2) is 24.4 Å². The van der Waals surface area contributed by atoms with Crippen LogP contribution in [0.5, 0.6) is 0 Å². The smallest absolute Gasteiger partial charge is 0.128 e. The van der Waals surface area contributed by atoms with Gasteiger partial charge in [-0.15, -0.1) is 0 Å². The third-order valence-electron chi connectivity index (χ3n) is 5.69. The van der Waals surface area contributed by atoms with E-state index in [2.05, 4.69) is 47.7 Å². The van der Waals surface area contributed by atoms with Crippen LogP contribution in [-0.2, 0) is 4.74 Å². The number of ether oxygens (including phenoxy) is 1. The van der Waals surface area contributed by atoms with E-state index in [0.717, 1.165) is 51.1 Å². The van der Waals surface area contributed by atoms with Gasteiger partial charge in [-0.1, -0.05) is 26.8 Å². The molecule has 0 spiro atoms. The molecule has 1 aliphatic heterocycles. The first-order valence-corrected chi connectivity index (χ1v) is 10.6. The van der Waals surface area contributed by atoms with E-state index in [9.17, 15) is 0 Å². The Morgan fingerprint density at radius 2 is 2.00 bits per heavy atom. The molecule has 146 valence electrons. The van der Waals surface area contributed by atoms with Crippen LogP contribution in [0, 0.1) is 11.3 Å². The van der Waals surface area contributed by atoms with Crippen molar-refractivity contribution in [1.29, 1.82) is 0 Å². The van der Waals surface area contributed by atoms with Crippen LogP contribution in [0.4, 0.5) is 5.82 Å². The molecule has 3 rings (SSSR count). The number of thiol groups is 1. The van der Waals surface area contributed by atoms with Crippen LogP contribution < -0.4 is 4.90 Å². The van der Waals surface area contributed by atoms with Crippen LogP contribution in [0.1, 0.15) is 40.0 Å². The summed E-state index contributed by atoms with van der Waals surface area (Å²) in [5.74, 6) is 1.86. The summed E-state index contributed by atoms with van der Waals surface area (Å²) >= 11 is 4.81. The lowest BCUT2D eigenvalue weighted by atomic mass is 9.71. The van der Waals surface area contributed by atoms with Crippen molar-refractivity contribution in [1.82, 2.24) is 9.88 Å². The maximum atomic E-state index is 6.26. The summed E-state index contributed by atoms with van der Waals surface area (Å²) in [6.45, 7) is 13.1. The molecule has 1 saturated carbocycles. The molecule has 2 heterocycles. The number of nitrogens with zero attached hydrogens (tertiary/aromatic N) is 3. The summed E-state index contributed by atoms with van der Waals surface area (Å²) in [4.78, 5) is 9.33.